The van der Waals surface area contributed by atoms with Gasteiger partial charge in [0.25, 0.3) is 0 Å². The van der Waals surface area contributed by atoms with E-state index in [-0.39, 0.29) is 5.41 Å². The Morgan fingerprint density at radius 3 is 2.17 bits per heavy atom. The Hall–Kier alpha value is -0.490. The summed E-state index contributed by atoms with van der Waals surface area (Å²) in [5, 5.41) is 9.86. The van der Waals surface area contributed by atoms with Crippen molar-refractivity contribution < 1.29 is 0 Å². The summed E-state index contributed by atoms with van der Waals surface area (Å²) in [4.78, 5) is 3.82. The van der Waals surface area contributed by atoms with Crippen LogP contribution in [-0.2, 0) is 0 Å². The summed E-state index contributed by atoms with van der Waals surface area (Å²) in [5.74, 6) is 0. The molecule has 0 aromatic carbocycles. The molecule has 0 aromatic rings. The summed E-state index contributed by atoms with van der Waals surface area (Å²) in [6, 6.07) is 0. The maximum absolute atomic E-state index is 8.46. The summed E-state index contributed by atoms with van der Waals surface area (Å²) in [5.41, 5.74) is -0.00926. The van der Waals surface area contributed by atoms with E-state index in [4.69, 9.17) is 5.26 Å². The Bertz CT molecular complexity index is 206. The van der Waals surface area contributed by atoms with Crippen LogP contribution in [0.1, 0.15) is 34.6 Å². The van der Waals surface area contributed by atoms with Gasteiger partial charge in [0.2, 0.25) is 6.19 Å². The molecule has 0 spiro atoms. The van der Waals surface area contributed by atoms with E-state index >= 15 is 0 Å². The summed E-state index contributed by atoms with van der Waals surface area (Å²) < 4.78 is 0. The SMILES string of the molecule is CC(C)SC(=NC#N)C(C)(C)C. The molecule has 0 radical (unpaired) electrons. The highest BCUT2D eigenvalue weighted by Gasteiger charge is 2.20. The molecule has 0 amide bonds. The number of rotatable bonds is 1. The quantitative estimate of drug-likeness (QED) is 0.357. The molecule has 0 N–H and O–H groups in total. The monoisotopic (exact) mass is 184 g/mol. The van der Waals surface area contributed by atoms with Gasteiger partial charge in [0.15, 0.2) is 0 Å². The largest absolute Gasteiger partial charge is 0.206 e. The van der Waals surface area contributed by atoms with Crippen LogP contribution in [0.4, 0.5) is 0 Å². The number of aliphatic imine (C=N–C) groups is 1. The number of hydrogen-bond acceptors (Lipinski definition) is 3. The zero-order valence-corrected chi connectivity index (χ0v) is 9.20. The van der Waals surface area contributed by atoms with Crippen molar-refractivity contribution >= 4 is 16.8 Å². The molecule has 0 rings (SSSR count). The average molecular weight is 184 g/mol. The third kappa shape index (κ3) is 4.40. The molecule has 0 fully saturated rings. The van der Waals surface area contributed by atoms with Crippen molar-refractivity contribution in [3.8, 4) is 6.19 Å². The van der Waals surface area contributed by atoms with Gasteiger partial charge in [-0.1, -0.05) is 34.6 Å². The second-order valence-corrected chi connectivity index (χ2v) is 5.50. The second-order valence-electron chi connectivity index (χ2n) is 3.93. The van der Waals surface area contributed by atoms with Crippen molar-refractivity contribution in [1.29, 1.82) is 5.26 Å². The van der Waals surface area contributed by atoms with Crippen LogP contribution in [0.2, 0.25) is 0 Å². The van der Waals surface area contributed by atoms with Crippen LogP contribution in [-0.4, -0.2) is 10.3 Å². The van der Waals surface area contributed by atoms with Gasteiger partial charge in [-0.15, -0.1) is 11.8 Å². The Morgan fingerprint density at radius 2 is 1.92 bits per heavy atom. The molecule has 3 heteroatoms. The van der Waals surface area contributed by atoms with E-state index in [1.807, 2.05) is 6.19 Å². The lowest BCUT2D eigenvalue weighted by molar-refractivity contribution is 0.602. The highest BCUT2D eigenvalue weighted by Crippen LogP contribution is 2.27. The number of nitriles is 1. The molecule has 68 valence electrons. The van der Waals surface area contributed by atoms with Crippen LogP contribution in [0, 0.1) is 16.9 Å². The maximum Gasteiger partial charge on any atom is 0.206 e. The standard InChI is InChI=1S/C9H16N2S/c1-7(2)12-8(11-6-10)9(3,4)5/h7H,1-5H3. The first-order valence-electron chi connectivity index (χ1n) is 4.02. The van der Waals surface area contributed by atoms with E-state index in [1.54, 1.807) is 11.8 Å². The lowest BCUT2D eigenvalue weighted by Gasteiger charge is -2.20. The Morgan fingerprint density at radius 1 is 1.42 bits per heavy atom. The van der Waals surface area contributed by atoms with Crippen molar-refractivity contribution in [2.75, 3.05) is 0 Å². The number of hydrogen-bond donors (Lipinski definition) is 0. The zero-order chi connectivity index (χ0) is 9.78. The van der Waals surface area contributed by atoms with E-state index in [0.717, 1.165) is 5.04 Å². The zero-order valence-electron chi connectivity index (χ0n) is 8.38. The molecule has 0 aromatic heterocycles. The molecule has 0 saturated carbocycles. The van der Waals surface area contributed by atoms with Gasteiger partial charge in [0.05, 0.1) is 5.04 Å². The lowest BCUT2D eigenvalue weighted by atomic mass is 9.99. The molecule has 0 aliphatic carbocycles. The second kappa shape index (κ2) is 4.51. The maximum atomic E-state index is 8.46. The molecule has 0 saturated heterocycles. The van der Waals surface area contributed by atoms with Gasteiger partial charge >= 0.3 is 0 Å². The summed E-state index contributed by atoms with van der Waals surface area (Å²) in [7, 11) is 0. The minimum Gasteiger partial charge on any atom is -0.171 e. The van der Waals surface area contributed by atoms with Crippen LogP contribution in [0.15, 0.2) is 4.99 Å². The predicted molar refractivity (Wildman–Crippen MR) is 55.2 cm³/mol. The van der Waals surface area contributed by atoms with Crippen molar-refractivity contribution in [3.63, 3.8) is 0 Å². The fourth-order valence-electron chi connectivity index (χ4n) is 0.640. The van der Waals surface area contributed by atoms with Crippen LogP contribution in [0.3, 0.4) is 0 Å². The summed E-state index contributed by atoms with van der Waals surface area (Å²) >= 11 is 1.66. The summed E-state index contributed by atoms with van der Waals surface area (Å²) in [6.45, 7) is 10.4. The van der Waals surface area contributed by atoms with Crippen molar-refractivity contribution in [3.05, 3.63) is 0 Å². The van der Waals surface area contributed by atoms with Crippen LogP contribution in [0.5, 0.6) is 0 Å². The molecule has 12 heavy (non-hydrogen) atoms. The third-order valence-electron chi connectivity index (χ3n) is 1.14. The third-order valence-corrected chi connectivity index (χ3v) is 2.54. The Balaban J connectivity index is 4.50. The Kier molecular flexibility index (Phi) is 4.33. The fourth-order valence-corrected chi connectivity index (χ4v) is 1.53. The molecular formula is C9H16N2S. The topological polar surface area (TPSA) is 36.1 Å². The molecule has 2 nitrogen and oxygen atoms in total. The number of nitrogens with zero attached hydrogens (tertiary/aromatic N) is 2. The Labute approximate surface area is 79.1 Å². The minimum atomic E-state index is -0.00926. The first-order valence-corrected chi connectivity index (χ1v) is 4.90. The molecular weight excluding hydrogens is 168 g/mol. The number of thioether (sulfide) groups is 1. The van der Waals surface area contributed by atoms with Crippen molar-refractivity contribution in [1.82, 2.24) is 0 Å². The predicted octanol–water partition coefficient (Wildman–Crippen LogP) is 3.05. The highest BCUT2D eigenvalue weighted by molar-refractivity contribution is 8.14. The minimum absolute atomic E-state index is 0.00926. The average Bonchev–Trinajstić information content (AvgIpc) is 1.83. The molecule has 0 aliphatic rings. The normalized spacial score (nSPS) is 13.2. The molecule has 0 heterocycles. The van der Waals surface area contributed by atoms with Gasteiger partial charge in [-0.2, -0.15) is 10.3 Å². The fraction of sp³-hybridized carbons (Fsp3) is 0.778. The van der Waals surface area contributed by atoms with Gasteiger partial charge in [-0.05, 0) is 0 Å². The van der Waals surface area contributed by atoms with Gasteiger partial charge in [0, 0.05) is 10.7 Å². The first kappa shape index (κ1) is 11.5. The van der Waals surface area contributed by atoms with Crippen molar-refractivity contribution in [2.24, 2.45) is 10.4 Å². The van der Waals surface area contributed by atoms with E-state index in [1.165, 1.54) is 0 Å². The van der Waals surface area contributed by atoms with E-state index < -0.39 is 0 Å². The smallest absolute Gasteiger partial charge is 0.171 e. The molecule has 0 bridgehead atoms. The van der Waals surface area contributed by atoms with Crippen molar-refractivity contribution in [2.45, 2.75) is 39.9 Å². The van der Waals surface area contributed by atoms with E-state index in [0.29, 0.717) is 5.25 Å². The van der Waals surface area contributed by atoms with Gasteiger partial charge < -0.3 is 0 Å². The lowest BCUT2D eigenvalue weighted by Crippen LogP contribution is -2.18. The van der Waals surface area contributed by atoms with Gasteiger partial charge in [0.1, 0.15) is 0 Å². The molecule has 0 atom stereocenters. The molecule has 0 unspecified atom stereocenters. The first-order chi connectivity index (χ1) is 5.38. The van der Waals surface area contributed by atoms with Crippen LogP contribution < -0.4 is 0 Å². The summed E-state index contributed by atoms with van der Waals surface area (Å²) in [6.07, 6.45) is 1.85. The van der Waals surface area contributed by atoms with Crippen LogP contribution >= 0.6 is 11.8 Å². The van der Waals surface area contributed by atoms with E-state index in [2.05, 4.69) is 39.6 Å². The highest BCUT2D eigenvalue weighted by atomic mass is 32.2. The van der Waals surface area contributed by atoms with Gasteiger partial charge in [-0.3, -0.25) is 0 Å². The van der Waals surface area contributed by atoms with Gasteiger partial charge in [-0.25, -0.2) is 0 Å². The molecule has 0 aliphatic heterocycles. The van der Waals surface area contributed by atoms with E-state index in [9.17, 15) is 0 Å². The van der Waals surface area contributed by atoms with Crippen LogP contribution in [0.25, 0.3) is 0 Å².